The number of fused-ring (bicyclic) bond motifs is 3. The van der Waals surface area contributed by atoms with Crippen LogP contribution in [0.5, 0.6) is 0 Å². The molecule has 5 heteroatoms. The molecule has 0 spiro atoms. The van der Waals surface area contributed by atoms with Gasteiger partial charge in [-0.15, -0.1) is 0 Å². The first-order chi connectivity index (χ1) is 7.27. The zero-order chi connectivity index (χ0) is 10.4. The maximum atomic E-state index is 13.1. The lowest BCUT2D eigenvalue weighted by Gasteiger charge is -2.04. The highest BCUT2D eigenvalue weighted by atomic mass is 19.1. The van der Waals surface area contributed by atoms with Crippen LogP contribution in [0, 0.1) is 5.95 Å². The predicted octanol–water partition coefficient (Wildman–Crippen LogP) is 1.56. The number of aromatic nitrogens is 2. The number of imidazole rings is 1. The Balaban J connectivity index is 2.62. The number of benzene rings is 1. The van der Waals surface area contributed by atoms with E-state index in [1.54, 1.807) is 24.3 Å². The molecule has 2 heterocycles. The van der Waals surface area contributed by atoms with Gasteiger partial charge in [-0.2, -0.15) is 9.37 Å². The quantitative estimate of drug-likeness (QED) is 0.558. The fraction of sp³-hybridized carbons (Fsp3) is 0. The minimum Gasteiger partial charge on any atom is -0.460 e. The van der Waals surface area contributed by atoms with Crippen molar-refractivity contribution in [3.05, 3.63) is 47.0 Å². The Kier molecular flexibility index (Phi) is 1.45. The molecule has 2 aliphatic heterocycles. The second kappa shape index (κ2) is 2.66. The molecule has 15 heavy (non-hydrogen) atoms. The van der Waals surface area contributed by atoms with Gasteiger partial charge < -0.3 is 4.42 Å². The van der Waals surface area contributed by atoms with Crippen LogP contribution < -0.4 is 5.69 Å². The fourth-order valence-corrected chi connectivity index (χ4v) is 1.58. The predicted molar refractivity (Wildman–Crippen MR) is 50.8 cm³/mol. The van der Waals surface area contributed by atoms with Crippen molar-refractivity contribution in [2.24, 2.45) is 0 Å². The molecule has 1 aromatic carbocycles. The summed E-state index contributed by atoms with van der Waals surface area (Å²) in [4.78, 5) is 14.6. The molecule has 0 unspecified atom stereocenters. The van der Waals surface area contributed by atoms with Gasteiger partial charge in [-0.1, -0.05) is 12.1 Å². The van der Waals surface area contributed by atoms with Crippen LogP contribution in [0.1, 0.15) is 0 Å². The summed E-state index contributed by atoms with van der Waals surface area (Å²) in [7, 11) is 0. The molecule has 0 N–H and O–H groups in total. The van der Waals surface area contributed by atoms with Crippen LogP contribution in [0.3, 0.4) is 0 Å². The van der Waals surface area contributed by atoms with Gasteiger partial charge in [-0.25, -0.2) is 9.36 Å². The van der Waals surface area contributed by atoms with Gasteiger partial charge in [0.15, 0.2) is 5.58 Å². The van der Waals surface area contributed by atoms with Crippen LogP contribution in [0.2, 0.25) is 0 Å². The number of rotatable bonds is 0. The van der Waals surface area contributed by atoms with E-state index in [2.05, 4.69) is 4.98 Å². The third kappa shape index (κ3) is 0.999. The van der Waals surface area contributed by atoms with Gasteiger partial charge >= 0.3 is 5.69 Å². The van der Waals surface area contributed by atoms with Crippen molar-refractivity contribution >= 4 is 11.1 Å². The van der Waals surface area contributed by atoms with Gasteiger partial charge in [0.1, 0.15) is 12.0 Å². The lowest BCUT2D eigenvalue weighted by atomic mass is 10.3. The van der Waals surface area contributed by atoms with E-state index in [4.69, 9.17) is 4.42 Å². The fourth-order valence-electron chi connectivity index (χ4n) is 1.58. The average molecular weight is 204 g/mol. The Hall–Kier alpha value is -2.17. The first-order valence-electron chi connectivity index (χ1n) is 4.32. The highest BCUT2D eigenvalue weighted by Crippen LogP contribution is 2.20. The van der Waals surface area contributed by atoms with E-state index in [1.807, 2.05) is 0 Å². The standard InChI is InChI=1S/C10H5FN2O2/c11-9-7-5-15-8-4-2-1-3-6(8)13(7)10(14)12-9/h1-5H. The molecule has 0 aliphatic carbocycles. The summed E-state index contributed by atoms with van der Waals surface area (Å²) in [6.07, 6.45) is 1.19. The summed E-state index contributed by atoms with van der Waals surface area (Å²) in [5, 5.41) is 0. The maximum Gasteiger partial charge on any atom is 0.355 e. The number of para-hydroxylation sites is 2. The van der Waals surface area contributed by atoms with Gasteiger partial charge in [0.2, 0.25) is 5.95 Å². The number of hydrogen-bond acceptors (Lipinski definition) is 3. The molecule has 0 aromatic heterocycles. The summed E-state index contributed by atoms with van der Waals surface area (Å²) >= 11 is 0. The van der Waals surface area contributed by atoms with Crippen molar-refractivity contribution in [3.8, 4) is 5.69 Å². The Bertz CT molecular complexity index is 671. The topological polar surface area (TPSA) is 48.0 Å². The van der Waals surface area contributed by atoms with E-state index in [0.717, 1.165) is 0 Å². The molecule has 0 radical (unpaired) electrons. The minimum atomic E-state index is -0.811. The highest BCUT2D eigenvalue weighted by molar-refractivity contribution is 5.74. The van der Waals surface area contributed by atoms with Crippen LogP contribution in [0.25, 0.3) is 16.8 Å². The van der Waals surface area contributed by atoms with Gasteiger partial charge in [-0.3, -0.25) is 0 Å². The SMILES string of the molecule is O=c1nc(F)c2coc3ccccc3n1-2. The largest absolute Gasteiger partial charge is 0.460 e. The van der Waals surface area contributed by atoms with Gasteiger partial charge in [0.05, 0.1) is 5.52 Å². The molecule has 2 aliphatic rings. The number of halogens is 1. The number of nitrogens with zero attached hydrogens (tertiary/aromatic N) is 2. The van der Waals surface area contributed by atoms with E-state index < -0.39 is 11.6 Å². The molecule has 0 fully saturated rings. The van der Waals surface area contributed by atoms with Crippen LogP contribution in [0.4, 0.5) is 4.39 Å². The zero-order valence-electron chi connectivity index (χ0n) is 7.48. The minimum absolute atomic E-state index is 0.0544. The maximum absolute atomic E-state index is 13.1. The van der Waals surface area contributed by atoms with Crippen molar-refractivity contribution in [1.82, 2.24) is 9.55 Å². The van der Waals surface area contributed by atoms with Gasteiger partial charge in [0, 0.05) is 0 Å². The summed E-state index contributed by atoms with van der Waals surface area (Å²) in [5.74, 6) is -0.811. The average Bonchev–Trinajstić information content (AvgIpc) is 2.55. The Morgan fingerprint density at radius 1 is 1.33 bits per heavy atom. The van der Waals surface area contributed by atoms with Crippen LogP contribution in [-0.2, 0) is 0 Å². The van der Waals surface area contributed by atoms with Gasteiger partial charge in [0.25, 0.3) is 0 Å². The molecule has 3 rings (SSSR count). The normalized spacial score (nSPS) is 11.3. The molecular formula is C10H5FN2O2. The molecule has 0 amide bonds. The van der Waals surface area contributed by atoms with Crippen LogP contribution in [0.15, 0.2) is 39.7 Å². The summed E-state index contributed by atoms with van der Waals surface area (Å²) in [6.45, 7) is 0. The van der Waals surface area contributed by atoms with Crippen molar-refractivity contribution in [1.29, 1.82) is 0 Å². The van der Waals surface area contributed by atoms with E-state index in [-0.39, 0.29) is 5.69 Å². The van der Waals surface area contributed by atoms with Crippen molar-refractivity contribution in [2.45, 2.75) is 0 Å². The van der Waals surface area contributed by atoms with Crippen LogP contribution in [-0.4, -0.2) is 9.55 Å². The third-order valence-electron chi connectivity index (χ3n) is 2.24. The van der Waals surface area contributed by atoms with Gasteiger partial charge in [-0.05, 0) is 12.1 Å². The Morgan fingerprint density at radius 3 is 3.00 bits per heavy atom. The van der Waals surface area contributed by atoms with E-state index in [1.165, 1.54) is 10.8 Å². The smallest absolute Gasteiger partial charge is 0.355 e. The Morgan fingerprint density at radius 2 is 2.13 bits per heavy atom. The van der Waals surface area contributed by atoms with Crippen molar-refractivity contribution < 1.29 is 8.81 Å². The summed E-state index contributed by atoms with van der Waals surface area (Å²) < 4.78 is 19.5. The zero-order valence-corrected chi connectivity index (χ0v) is 7.48. The Labute approximate surface area is 82.9 Å². The first kappa shape index (κ1) is 8.16. The lowest BCUT2D eigenvalue weighted by Crippen LogP contribution is -2.14. The summed E-state index contributed by atoms with van der Waals surface area (Å²) in [5.41, 5.74) is 0.448. The second-order valence-electron chi connectivity index (χ2n) is 3.11. The molecular weight excluding hydrogens is 199 g/mol. The monoisotopic (exact) mass is 204 g/mol. The molecule has 0 saturated heterocycles. The van der Waals surface area contributed by atoms with Crippen molar-refractivity contribution in [3.63, 3.8) is 0 Å². The van der Waals surface area contributed by atoms with Crippen molar-refractivity contribution in [2.75, 3.05) is 0 Å². The van der Waals surface area contributed by atoms with E-state index >= 15 is 0 Å². The summed E-state index contributed by atoms with van der Waals surface area (Å²) in [6, 6.07) is 6.89. The third-order valence-corrected chi connectivity index (χ3v) is 2.24. The van der Waals surface area contributed by atoms with E-state index in [0.29, 0.717) is 11.1 Å². The second-order valence-corrected chi connectivity index (χ2v) is 3.11. The molecule has 0 bridgehead atoms. The molecule has 74 valence electrons. The number of hydrogen-bond donors (Lipinski definition) is 0. The van der Waals surface area contributed by atoms with E-state index in [9.17, 15) is 9.18 Å². The lowest BCUT2D eigenvalue weighted by molar-refractivity contribution is 0.562. The molecule has 1 aromatic rings. The van der Waals surface area contributed by atoms with Crippen LogP contribution >= 0.6 is 0 Å². The molecule has 0 atom stereocenters. The molecule has 4 nitrogen and oxygen atoms in total. The molecule has 0 saturated carbocycles. The first-order valence-corrected chi connectivity index (χ1v) is 4.32. The highest BCUT2D eigenvalue weighted by Gasteiger charge is 2.17.